The maximum absolute atomic E-state index is 12.7. The van der Waals surface area contributed by atoms with Crippen LogP contribution in [0.15, 0.2) is 47.4 Å². The molecule has 2 aromatic carbocycles. The second-order valence-electron chi connectivity index (χ2n) is 6.11. The molecule has 158 valence electrons. The van der Waals surface area contributed by atoms with E-state index in [-0.39, 0.29) is 35.9 Å². The molecule has 0 atom stereocenters. The van der Waals surface area contributed by atoms with Crippen LogP contribution in [0.5, 0.6) is 5.75 Å². The van der Waals surface area contributed by atoms with Crippen molar-refractivity contribution >= 4 is 15.9 Å². The SMILES string of the molecule is CCNS(=O)(=O)c1ccc(C)c(C(=O)NCCOc2cccc(C(F)(F)F)c2)c1. The highest BCUT2D eigenvalue weighted by Crippen LogP contribution is 2.31. The van der Waals surface area contributed by atoms with Crippen LogP contribution < -0.4 is 14.8 Å². The minimum atomic E-state index is -4.47. The Kier molecular flexibility index (Phi) is 7.26. The number of carbonyl (C=O) groups excluding carboxylic acids is 1. The van der Waals surface area contributed by atoms with Crippen LogP contribution in [0.25, 0.3) is 0 Å². The lowest BCUT2D eigenvalue weighted by Crippen LogP contribution is -2.29. The molecule has 0 aromatic heterocycles. The van der Waals surface area contributed by atoms with Crippen molar-refractivity contribution in [2.45, 2.75) is 24.9 Å². The molecule has 0 unspecified atom stereocenters. The van der Waals surface area contributed by atoms with Gasteiger partial charge in [0.05, 0.1) is 17.0 Å². The number of benzene rings is 2. The molecular weight excluding hydrogens is 409 g/mol. The Morgan fingerprint density at radius 2 is 1.86 bits per heavy atom. The maximum Gasteiger partial charge on any atom is 0.416 e. The number of carbonyl (C=O) groups is 1. The molecule has 10 heteroatoms. The quantitative estimate of drug-likeness (QED) is 0.631. The third-order valence-electron chi connectivity index (χ3n) is 3.92. The first kappa shape index (κ1) is 22.7. The lowest BCUT2D eigenvalue weighted by atomic mass is 10.1. The predicted octanol–water partition coefficient (Wildman–Crippen LogP) is 3.12. The number of hydrogen-bond acceptors (Lipinski definition) is 4. The zero-order valence-corrected chi connectivity index (χ0v) is 16.7. The molecular formula is C19H21F3N2O4S. The van der Waals surface area contributed by atoms with Crippen molar-refractivity contribution in [2.24, 2.45) is 0 Å². The second kappa shape index (κ2) is 9.27. The molecule has 1 amide bonds. The van der Waals surface area contributed by atoms with Crippen LogP contribution in [-0.4, -0.2) is 34.0 Å². The first-order valence-electron chi connectivity index (χ1n) is 8.73. The topological polar surface area (TPSA) is 84.5 Å². The zero-order valence-electron chi connectivity index (χ0n) is 15.8. The first-order valence-corrected chi connectivity index (χ1v) is 10.2. The van der Waals surface area contributed by atoms with Gasteiger partial charge in [-0.15, -0.1) is 0 Å². The van der Waals surface area contributed by atoms with Crippen LogP contribution in [0, 0.1) is 6.92 Å². The van der Waals surface area contributed by atoms with E-state index in [2.05, 4.69) is 10.0 Å². The average molecular weight is 430 g/mol. The molecule has 0 spiro atoms. The fraction of sp³-hybridized carbons (Fsp3) is 0.316. The summed E-state index contributed by atoms with van der Waals surface area (Å²) in [4.78, 5) is 12.3. The summed E-state index contributed by atoms with van der Waals surface area (Å²) in [6.45, 7) is 3.49. The van der Waals surface area contributed by atoms with Gasteiger partial charge >= 0.3 is 6.18 Å². The van der Waals surface area contributed by atoms with Crippen molar-refractivity contribution in [3.8, 4) is 5.75 Å². The molecule has 0 saturated carbocycles. The maximum atomic E-state index is 12.7. The van der Waals surface area contributed by atoms with E-state index in [0.29, 0.717) is 5.56 Å². The van der Waals surface area contributed by atoms with Crippen molar-refractivity contribution in [2.75, 3.05) is 19.7 Å². The smallest absolute Gasteiger partial charge is 0.416 e. The van der Waals surface area contributed by atoms with Gasteiger partial charge < -0.3 is 10.1 Å². The van der Waals surface area contributed by atoms with Gasteiger partial charge in [-0.2, -0.15) is 13.2 Å². The number of aryl methyl sites for hydroxylation is 1. The summed E-state index contributed by atoms with van der Waals surface area (Å²) in [5, 5.41) is 2.56. The minimum Gasteiger partial charge on any atom is -0.492 e. The van der Waals surface area contributed by atoms with E-state index in [0.717, 1.165) is 12.1 Å². The van der Waals surface area contributed by atoms with E-state index < -0.39 is 27.7 Å². The summed E-state index contributed by atoms with van der Waals surface area (Å²) in [6, 6.07) is 8.63. The predicted molar refractivity (Wildman–Crippen MR) is 101 cm³/mol. The summed E-state index contributed by atoms with van der Waals surface area (Å²) in [7, 11) is -3.71. The molecule has 6 nitrogen and oxygen atoms in total. The van der Waals surface area contributed by atoms with Crippen molar-refractivity contribution in [3.05, 3.63) is 59.2 Å². The number of hydrogen-bond donors (Lipinski definition) is 2. The van der Waals surface area contributed by atoms with E-state index in [1.807, 2.05) is 0 Å². The summed E-state index contributed by atoms with van der Waals surface area (Å²) < 4.78 is 69.9. The number of rotatable bonds is 8. The van der Waals surface area contributed by atoms with Crippen LogP contribution in [0.2, 0.25) is 0 Å². The molecule has 29 heavy (non-hydrogen) atoms. The highest BCUT2D eigenvalue weighted by atomic mass is 32.2. The molecule has 0 aliphatic carbocycles. The van der Waals surface area contributed by atoms with Crippen LogP contribution >= 0.6 is 0 Å². The Morgan fingerprint density at radius 1 is 1.14 bits per heavy atom. The van der Waals surface area contributed by atoms with E-state index >= 15 is 0 Å². The Bertz CT molecular complexity index is 976. The van der Waals surface area contributed by atoms with Gasteiger partial charge in [0.1, 0.15) is 12.4 Å². The molecule has 0 fully saturated rings. The van der Waals surface area contributed by atoms with E-state index in [1.54, 1.807) is 13.8 Å². The number of alkyl halides is 3. The van der Waals surface area contributed by atoms with Gasteiger partial charge in [-0.05, 0) is 42.8 Å². The fourth-order valence-electron chi connectivity index (χ4n) is 2.48. The monoisotopic (exact) mass is 430 g/mol. The number of nitrogens with one attached hydrogen (secondary N) is 2. The lowest BCUT2D eigenvalue weighted by Gasteiger charge is -2.12. The second-order valence-corrected chi connectivity index (χ2v) is 7.87. The average Bonchev–Trinajstić information content (AvgIpc) is 2.65. The Hall–Kier alpha value is -2.59. The first-order chi connectivity index (χ1) is 13.5. The normalized spacial score (nSPS) is 11.9. The summed E-state index contributed by atoms with van der Waals surface area (Å²) in [5.41, 5.74) is -0.0619. The van der Waals surface area contributed by atoms with E-state index in [1.165, 1.54) is 30.3 Å². The highest BCUT2D eigenvalue weighted by molar-refractivity contribution is 7.89. The van der Waals surface area contributed by atoms with Crippen LogP contribution in [0.3, 0.4) is 0 Å². The van der Waals surface area contributed by atoms with Crippen molar-refractivity contribution in [3.63, 3.8) is 0 Å². The third-order valence-corrected chi connectivity index (χ3v) is 5.46. The molecule has 0 saturated heterocycles. The summed E-state index contributed by atoms with van der Waals surface area (Å²) >= 11 is 0. The van der Waals surface area contributed by atoms with Crippen LogP contribution in [0.1, 0.15) is 28.4 Å². The Labute approximate surface area is 167 Å². The van der Waals surface area contributed by atoms with Gasteiger partial charge in [-0.3, -0.25) is 4.79 Å². The lowest BCUT2D eigenvalue weighted by molar-refractivity contribution is -0.137. The zero-order chi connectivity index (χ0) is 21.7. The Balaban J connectivity index is 1.98. The van der Waals surface area contributed by atoms with Crippen molar-refractivity contribution in [1.82, 2.24) is 10.0 Å². The number of sulfonamides is 1. The number of halogens is 3. The molecule has 0 aliphatic rings. The molecule has 0 heterocycles. The van der Waals surface area contributed by atoms with Crippen molar-refractivity contribution < 1.29 is 31.1 Å². The molecule has 2 aromatic rings. The van der Waals surface area contributed by atoms with Crippen LogP contribution in [-0.2, 0) is 16.2 Å². The molecule has 0 aliphatic heterocycles. The molecule has 0 radical (unpaired) electrons. The summed E-state index contributed by atoms with van der Waals surface area (Å²) in [5.74, 6) is -0.479. The van der Waals surface area contributed by atoms with Crippen molar-refractivity contribution in [1.29, 1.82) is 0 Å². The van der Waals surface area contributed by atoms with Gasteiger partial charge in [0.25, 0.3) is 5.91 Å². The Morgan fingerprint density at radius 3 is 2.52 bits per heavy atom. The number of ether oxygens (including phenoxy) is 1. The third kappa shape index (κ3) is 6.20. The van der Waals surface area contributed by atoms with Gasteiger partial charge in [0.15, 0.2) is 0 Å². The van der Waals surface area contributed by atoms with Gasteiger partial charge in [0, 0.05) is 12.1 Å². The van der Waals surface area contributed by atoms with E-state index in [9.17, 15) is 26.4 Å². The molecule has 2 rings (SSSR count). The van der Waals surface area contributed by atoms with Gasteiger partial charge in [0.2, 0.25) is 10.0 Å². The van der Waals surface area contributed by atoms with Gasteiger partial charge in [-0.25, -0.2) is 13.1 Å². The summed E-state index contributed by atoms with van der Waals surface area (Å²) in [6.07, 6.45) is -4.47. The molecule has 2 N–H and O–H groups in total. The molecule has 0 bridgehead atoms. The largest absolute Gasteiger partial charge is 0.492 e. The number of amides is 1. The highest BCUT2D eigenvalue weighted by Gasteiger charge is 2.30. The van der Waals surface area contributed by atoms with Crippen LogP contribution in [0.4, 0.5) is 13.2 Å². The standard InChI is InChI=1S/C19H21F3N2O4S/c1-3-24-29(26,27)16-8-7-13(2)17(12-16)18(25)23-9-10-28-15-6-4-5-14(11-15)19(20,21)22/h4-8,11-12,24H,3,9-10H2,1-2H3,(H,23,25). The fourth-order valence-corrected chi connectivity index (χ4v) is 3.54. The minimum absolute atomic E-state index is 0.0265. The van der Waals surface area contributed by atoms with E-state index in [4.69, 9.17) is 4.74 Å². The van der Waals surface area contributed by atoms with Gasteiger partial charge in [-0.1, -0.05) is 19.1 Å².